The van der Waals surface area contributed by atoms with Crippen LogP contribution in [-0.2, 0) is 20.9 Å². The topological polar surface area (TPSA) is 148 Å². The van der Waals surface area contributed by atoms with Crippen molar-refractivity contribution in [3.8, 4) is 11.5 Å². The number of ether oxygens (including phenoxy) is 4. The highest BCUT2D eigenvalue weighted by Crippen LogP contribution is 2.61. The molecule has 348 valence electrons. The summed E-state index contributed by atoms with van der Waals surface area (Å²) in [6, 6.07) is 14.7. The van der Waals surface area contributed by atoms with Gasteiger partial charge in [-0.2, -0.15) is 0 Å². The maximum Gasteiger partial charge on any atom is 0.412 e. The summed E-state index contributed by atoms with van der Waals surface area (Å²) in [4.78, 5) is 34.6. The molecule has 1 aliphatic heterocycles. The zero-order chi connectivity index (χ0) is 44.9. The Morgan fingerprint density at radius 2 is 1.62 bits per heavy atom. The number of hydrogen-bond donors (Lipinski definition) is 3. The van der Waals surface area contributed by atoms with Crippen molar-refractivity contribution in [2.75, 3.05) is 40.0 Å². The van der Waals surface area contributed by atoms with E-state index in [1.807, 2.05) is 42.5 Å². The third kappa shape index (κ3) is 13.6. The highest BCUT2D eigenvalue weighted by atomic mass is 16.7. The number of likely N-dealkylation sites (N-methyl/N-ethyl adjacent to an activating group) is 1. The lowest BCUT2D eigenvalue weighted by Crippen LogP contribution is -2.69. The molecule has 0 unspecified atom stereocenters. The van der Waals surface area contributed by atoms with E-state index in [-0.39, 0.29) is 57.2 Å². The molecule has 6 atom stereocenters. The van der Waals surface area contributed by atoms with Gasteiger partial charge in [-0.3, -0.25) is 0 Å². The molecule has 5 rings (SSSR count). The summed E-state index contributed by atoms with van der Waals surface area (Å²) in [5.74, 6) is -1.10. The second-order valence-electron chi connectivity index (χ2n) is 17.3. The Morgan fingerprint density at radius 1 is 0.921 bits per heavy atom. The fourth-order valence-corrected chi connectivity index (χ4v) is 9.85. The van der Waals surface area contributed by atoms with Gasteiger partial charge < -0.3 is 44.2 Å². The minimum atomic E-state index is -1.41. The van der Waals surface area contributed by atoms with E-state index in [1.165, 1.54) is 44.9 Å². The van der Waals surface area contributed by atoms with Crippen LogP contribution in [0, 0.1) is 17.8 Å². The first-order valence-electron chi connectivity index (χ1n) is 23.9. The molecule has 3 aliphatic rings. The molecule has 1 fully saturated rings. The average Bonchev–Trinajstić information content (AvgIpc) is 3.29. The van der Waals surface area contributed by atoms with Crippen LogP contribution in [0.2, 0.25) is 0 Å². The van der Waals surface area contributed by atoms with Gasteiger partial charge in [-0.25, -0.2) is 9.59 Å². The number of nitrogens with zero attached hydrogens (tertiary/aromatic N) is 2. The van der Waals surface area contributed by atoms with Gasteiger partial charge >= 0.3 is 12.2 Å². The summed E-state index contributed by atoms with van der Waals surface area (Å²) < 4.78 is 25.6. The van der Waals surface area contributed by atoms with Crippen LogP contribution in [0.1, 0.15) is 140 Å². The molecule has 2 aromatic carbocycles. The normalized spacial score (nSPS) is 22.8. The van der Waals surface area contributed by atoms with Crippen molar-refractivity contribution in [1.82, 2.24) is 10.2 Å². The molecular weight excluding hydrogens is 799 g/mol. The van der Waals surface area contributed by atoms with Crippen molar-refractivity contribution >= 4 is 17.9 Å². The Hall–Kier alpha value is -4.39. The molecular formula is C51H75N3O9. The number of carbonyl (C=O) groups excluding carboxylic acids is 2. The van der Waals surface area contributed by atoms with E-state index in [2.05, 4.69) is 24.9 Å². The van der Waals surface area contributed by atoms with Crippen molar-refractivity contribution < 1.29 is 43.6 Å². The van der Waals surface area contributed by atoms with E-state index in [4.69, 9.17) is 28.9 Å². The predicted octanol–water partition coefficient (Wildman–Crippen LogP) is 10.6. The van der Waals surface area contributed by atoms with E-state index >= 15 is 0 Å². The summed E-state index contributed by atoms with van der Waals surface area (Å²) >= 11 is 0. The monoisotopic (exact) mass is 874 g/mol. The highest BCUT2D eigenvalue weighted by Gasteiger charge is 2.65. The molecule has 2 aromatic rings. The van der Waals surface area contributed by atoms with E-state index in [0.29, 0.717) is 36.6 Å². The summed E-state index contributed by atoms with van der Waals surface area (Å²) in [5, 5.41) is 27.6. The Balaban J connectivity index is 1.51. The second kappa shape index (κ2) is 26.4. The first-order valence-corrected chi connectivity index (χ1v) is 23.9. The molecule has 1 heterocycles. The largest absolute Gasteiger partial charge is 0.459 e. The summed E-state index contributed by atoms with van der Waals surface area (Å²) in [6.07, 6.45) is 19.9. The van der Waals surface area contributed by atoms with Crippen LogP contribution in [0.3, 0.4) is 0 Å². The number of allylic oxidation sites excluding steroid dienone is 1. The van der Waals surface area contributed by atoms with Gasteiger partial charge in [-0.05, 0) is 80.2 Å². The zero-order valence-corrected chi connectivity index (χ0v) is 38.3. The molecule has 0 radical (unpaired) electrons. The van der Waals surface area contributed by atoms with Crippen LogP contribution in [0.5, 0.6) is 11.5 Å². The number of aliphatic hydroxyl groups excluding tert-OH is 2. The van der Waals surface area contributed by atoms with Crippen LogP contribution < -0.4 is 14.8 Å². The van der Waals surface area contributed by atoms with E-state index in [1.54, 1.807) is 31.0 Å². The number of hydrogen-bond acceptors (Lipinski definition) is 10. The van der Waals surface area contributed by atoms with Crippen LogP contribution in [0.25, 0.3) is 0 Å². The fourth-order valence-electron chi connectivity index (χ4n) is 9.85. The minimum Gasteiger partial charge on any atom is -0.459 e. The van der Waals surface area contributed by atoms with Gasteiger partial charge in [0.05, 0.1) is 24.8 Å². The number of unbranched alkanes of at least 4 members (excludes halogenated alkanes) is 11. The molecule has 63 heavy (non-hydrogen) atoms. The molecule has 1 saturated carbocycles. The number of benzene rings is 2. The Morgan fingerprint density at radius 3 is 2.30 bits per heavy atom. The van der Waals surface area contributed by atoms with Gasteiger partial charge in [0.1, 0.15) is 24.1 Å². The maximum absolute atomic E-state index is 13.7. The number of aliphatic hydroxyl groups is 2. The Labute approximate surface area is 376 Å². The van der Waals surface area contributed by atoms with Crippen LogP contribution >= 0.6 is 0 Å². The lowest BCUT2D eigenvalue weighted by atomic mass is 9.55. The lowest BCUT2D eigenvalue weighted by molar-refractivity contribution is -0.253. The van der Waals surface area contributed by atoms with Gasteiger partial charge in [-0.1, -0.05) is 125 Å². The SMILES string of the molecule is C=CCO[C@@]12Oc3ccc(OC(=O)NCCCCCCCCCCCC)cc3[C@H]3[C@H](CCCCO)[C@@H](CCCCO)C=C(C(=NOCc4ccccc4)C[C@@H]1N(C)C(=O)OCC)[C@H]32. The second-order valence-corrected chi connectivity index (χ2v) is 17.3. The van der Waals surface area contributed by atoms with E-state index in [0.717, 1.165) is 61.6 Å². The molecule has 0 bridgehead atoms. The van der Waals surface area contributed by atoms with E-state index in [9.17, 15) is 19.8 Å². The molecule has 12 nitrogen and oxygen atoms in total. The number of amides is 2. The molecule has 0 aromatic heterocycles. The number of fused-ring (bicyclic) bond motifs is 2. The van der Waals surface area contributed by atoms with Crippen molar-refractivity contribution in [3.05, 3.63) is 84.0 Å². The maximum atomic E-state index is 13.7. The van der Waals surface area contributed by atoms with E-state index < -0.39 is 29.9 Å². The fraction of sp³-hybridized carbons (Fsp3) is 0.627. The van der Waals surface area contributed by atoms with Crippen LogP contribution in [0.15, 0.2) is 78.0 Å². The summed E-state index contributed by atoms with van der Waals surface area (Å²) in [6.45, 7) is 9.32. The number of carbonyl (C=O) groups is 2. The summed E-state index contributed by atoms with van der Waals surface area (Å²) in [5.41, 5.74) is 3.45. The molecule has 2 aliphatic carbocycles. The smallest absolute Gasteiger partial charge is 0.412 e. The summed E-state index contributed by atoms with van der Waals surface area (Å²) in [7, 11) is 1.71. The number of nitrogens with one attached hydrogen (secondary N) is 1. The van der Waals surface area contributed by atoms with Crippen molar-refractivity contribution in [2.45, 2.75) is 147 Å². The quantitative estimate of drug-likeness (QED) is 0.0432. The van der Waals surface area contributed by atoms with Crippen LogP contribution in [0.4, 0.5) is 9.59 Å². The van der Waals surface area contributed by atoms with Crippen molar-refractivity contribution in [2.24, 2.45) is 22.9 Å². The standard InChI is InChI=1S/C51H75N3O9/c1-5-8-9-10-11-12-13-14-15-21-30-52-49(57)62-40-28-29-45-43(35-40)47-41(27-20-23-32-56)39(26-19-22-31-55)34-42-44(53-61-37-38-24-17-16-18-25-38)36-46(54(4)50(58)59-7-3)51(63-45,48(42)47)60-33-6-2/h6,16-18,24-25,28-29,34-35,39,41,46-48,55-56H,2,5,7-15,19-23,26-27,30-33,36-37H2,1,3-4H3,(H,52,57)/t39-,41+,46-,47+,48+,51+/m0/s1. The van der Waals surface area contributed by atoms with Gasteiger partial charge in [0.15, 0.2) is 0 Å². The Kier molecular flexibility index (Phi) is 20.8. The van der Waals surface area contributed by atoms with Crippen molar-refractivity contribution in [1.29, 1.82) is 0 Å². The lowest BCUT2D eigenvalue weighted by Gasteiger charge is -2.59. The zero-order valence-electron chi connectivity index (χ0n) is 38.3. The van der Waals surface area contributed by atoms with Crippen LogP contribution in [-0.4, -0.2) is 84.9 Å². The first kappa shape index (κ1) is 49.6. The molecule has 3 N–H and O–H groups in total. The number of rotatable bonds is 28. The minimum absolute atomic E-state index is 0.0249. The Bertz CT molecular complexity index is 1770. The van der Waals surface area contributed by atoms with Gasteiger partial charge in [-0.15, -0.1) is 6.58 Å². The average molecular weight is 874 g/mol. The van der Waals surface area contributed by atoms with Gasteiger partial charge in [0.2, 0.25) is 5.79 Å². The van der Waals surface area contributed by atoms with Gasteiger partial charge in [0, 0.05) is 44.7 Å². The molecule has 2 amide bonds. The first-order chi connectivity index (χ1) is 30.8. The highest BCUT2D eigenvalue weighted by molar-refractivity contribution is 6.03. The third-order valence-electron chi connectivity index (χ3n) is 12.9. The molecule has 0 spiro atoms. The third-order valence-corrected chi connectivity index (χ3v) is 12.9. The molecule has 12 heteroatoms. The molecule has 0 saturated heterocycles. The van der Waals surface area contributed by atoms with Crippen molar-refractivity contribution in [3.63, 3.8) is 0 Å². The predicted molar refractivity (Wildman–Crippen MR) is 247 cm³/mol. The number of oxime groups is 1. The van der Waals surface area contributed by atoms with Gasteiger partial charge in [0.25, 0.3) is 0 Å².